The second kappa shape index (κ2) is 5.06. The second-order valence-corrected chi connectivity index (χ2v) is 5.02. The van der Waals surface area contributed by atoms with Gasteiger partial charge in [-0.3, -0.25) is 0 Å². The largest absolute Gasteiger partial charge is 0.493 e. The summed E-state index contributed by atoms with van der Waals surface area (Å²) in [6.07, 6.45) is 4.47. The van der Waals surface area contributed by atoms with Gasteiger partial charge in [-0.05, 0) is 50.3 Å². The lowest BCUT2D eigenvalue weighted by atomic mass is 9.71. The van der Waals surface area contributed by atoms with Gasteiger partial charge in [0.15, 0.2) is 11.5 Å². The lowest BCUT2D eigenvalue weighted by Crippen LogP contribution is -2.32. The van der Waals surface area contributed by atoms with Crippen LogP contribution in [0.15, 0.2) is 11.1 Å². The predicted molar refractivity (Wildman–Crippen MR) is 72.7 cm³/mol. The van der Waals surface area contributed by atoms with Gasteiger partial charge in [0.05, 0.1) is 14.2 Å². The standard InChI is InChI=1S/C15H19NO3/c1-10-8-12(15(16-9-17)6-5-7-15)14(19-4)13(18-3)11(10)2/h8H,5-7H2,1-4H3. The minimum absolute atomic E-state index is 0.473. The second-order valence-electron chi connectivity index (χ2n) is 5.02. The number of isocyanates is 1. The molecule has 0 N–H and O–H groups in total. The molecule has 1 aromatic rings. The fourth-order valence-corrected chi connectivity index (χ4v) is 2.70. The highest BCUT2D eigenvalue weighted by molar-refractivity contribution is 5.58. The van der Waals surface area contributed by atoms with E-state index >= 15 is 0 Å². The number of hydrogen-bond acceptors (Lipinski definition) is 4. The number of benzene rings is 1. The topological polar surface area (TPSA) is 47.9 Å². The zero-order valence-corrected chi connectivity index (χ0v) is 11.9. The van der Waals surface area contributed by atoms with Gasteiger partial charge >= 0.3 is 0 Å². The molecule has 1 aliphatic rings. The molecule has 0 amide bonds. The third kappa shape index (κ3) is 2.02. The molecule has 4 heteroatoms. The first kappa shape index (κ1) is 13.6. The first-order valence-electron chi connectivity index (χ1n) is 6.41. The average Bonchev–Trinajstić information content (AvgIpc) is 2.36. The number of carbonyl (C=O) groups excluding carboxylic acids is 1. The molecule has 0 spiro atoms. The molecule has 102 valence electrons. The van der Waals surface area contributed by atoms with Gasteiger partial charge in [0, 0.05) is 5.56 Å². The van der Waals surface area contributed by atoms with Crippen molar-refractivity contribution in [2.75, 3.05) is 14.2 Å². The molecule has 1 fully saturated rings. The van der Waals surface area contributed by atoms with Crippen LogP contribution >= 0.6 is 0 Å². The Hall–Kier alpha value is -1.80. The van der Waals surface area contributed by atoms with E-state index in [-0.39, 0.29) is 0 Å². The number of methoxy groups -OCH3 is 2. The molecule has 0 bridgehead atoms. The molecule has 0 aliphatic heterocycles. The van der Waals surface area contributed by atoms with E-state index in [1.807, 2.05) is 13.8 Å². The summed E-state index contributed by atoms with van der Waals surface area (Å²) < 4.78 is 11.0. The predicted octanol–water partition coefficient (Wildman–Crippen LogP) is 3.04. The van der Waals surface area contributed by atoms with Crippen LogP contribution in [0, 0.1) is 13.8 Å². The van der Waals surface area contributed by atoms with Crippen molar-refractivity contribution in [3.05, 3.63) is 22.8 Å². The maximum Gasteiger partial charge on any atom is 0.235 e. The normalized spacial score (nSPS) is 16.2. The lowest BCUT2D eigenvalue weighted by molar-refractivity contribution is 0.242. The maximum atomic E-state index is 10.7. The van der Waals surface area contributed by atoms with Crippen LogP contribution in [-0.2, 0) is 10.3 Å². The Labute approximate surface area is 113 Å². The van der Waals surface area contributed by atoms with Crippen molar-refractivity contribution in [3.63, 3.8) is 0 Å². The number of ether oxygens (including phenoxy) is 2. The van der Waals surface area contributed by atoms with Crippen LogP contribution in [0.5, 0.6) is 11.5 Å². The Morgan fingerprint density at radius 2 is 1.84 bits per heavy atom. The third-order valence-electron chi connectivity index (χ3n) is 4.09. The number of nitrogens with zero attached hydrogens (tertiary/aromatic N) is 1. The van der Waals surface area contributed by atoms with E-state index in [2.05, 4.69) is 11.1 Å². The summed E-state index contributed by atoms with van der Waals surface area (Å²) in [4.78, 5) is 14.8. The molecule has 0 heterocycles. The Kier molecular flexibility index (Phi) is 3.63. The molecule has 0 unspecified atom stereocenters. The van der Waals surface area contributed by atoms with Gasteiger partial charge in [0.2, 0.25) is 6.08 Å². The van der Waals surface area contributed by atoms with Crippen LogP contribution in [0.2, 0.25) is 0 Å². The molecule has 0 aromatic heterocycles. The Morgan fingerprint density at radius 3 is 2.26 bits per heavy atom. The highest BCUT2D eigenvalue weighted by Gasteiger charge is 2.42. The minimum atomic E-state index is -0.473. The molecule has 1 aromatic carbocycles. The lowest BCUT2D eigenvalue weighted by Gasteiger charge is -2.38. The van der Waals surface area contributed by atoms with Crippen molar-refractivity contribution in [1.82, 2.24) is 0 Å². The zero-order chi connectivity index (χ0) is 14.0. The van der Waals surface area contributed by atoms with Crippen LogP contribution in [-0.4, -0.2) is 20.3 Å². The van der Waals surface area contributed by atoms with Crippen LogP contribution in [0.3, 0.4) is 0 Å². The van der Waals surface area contributed by atoms with Gasteiger partial charge < -0.3 is 9.47 Å². The summed E-state index contributed by atoms with van der Waals surface area (Å²) in [5.41, 5.74) is 2.62. The summed E-state index contributed by atoms with van der Waals surface area (Å²) in [5.74, 6) is 1.41. The fourth-order valence-electron chi connectivity index (χ4n) is 2.70. The van der Waals surface area contributed by atoms with E-state index in [0.29, 0.717) is 5.75 Å². The van der Waals surface area contributed by atoms with Crippen molar-refractivity contribution >= 4 is 6.08 Å². The number of rotatable bonds is 4. The summed E-state index contributed by atoms with van der Waals surface area (Å²) in [5, 5.41) is 0. The molecular formula is C15H19NO3. The smallest absolute Gasteiger partial charge is 0.235 e. The Balaban J connectivity index is 2.69. The molecule has 19 heavy (non-hydrogen) atoms. The van der Waals surface area contributed by atoms with Crippen LogP contribution in [0.1, 0.15) is 36.0 Å². The van der Waals surface area contributed by atoms with Crippen LogP contribution < -0.4 is 9.47 Å². The summed E-state index contributed by atoms with van der Waals surface area (Å²) in [7, 11) is 3.25. The fraction of sp³-hybridized carbons (Fsp3) is 0.533. The quantitative estimate of drug-likeness (QED) is 0.618. The summed E-state index contributed by atoms with van der Waals surface area (Å²) in [6.45, 7) is 4.02. The van der Waals surface area contributed by atoms with Crippen molar-refractivity contribution < 1.29 is 14.3 Å². The van der Waals surface area contributed by atoms with Crippen molar-refractivity contribution in [2.45, 2.75) is 38.6 Å². The van der Waals surface area contributed by atoms with Gasteiger partial charge in [-0.25, -0.2) is 4.79 Å². The average molecular weight is 261 g/mol. The van der Waals surface area contributed by atoms with Crippen molar-refractivity contribution in [1.29, 1.82) is 0 Å². The van der Waals surface area contributed by atoms with Gasteiger partial charge in [-0.2, -0.15) is 4.99 Å². The SMILES string of the molecule is COc1c(C2(N=C=O)CCC2)cc(C)c(C)c1OC. The number of aryl methyl sites for hydroxylation is 1. The first-order chi connectivity index (χ1) is 9.09. The van der Waals surface area contributed by atoms with Gasteiger partial charge in [0.1, 0.15) is 5.54 Å². The van der Waals surface area contributed by atoms with Crippen molar-refractivity contribution in [3.8, 4) is 11.5 Å². The highest BCUT2D eigenvalue weighted by Crippen LogP contribution is 2.51. The van der Waals surface area contributed by atoms with Crippen molar-refractivity contribution in [2.24, 2.45) is 4.99 Å². The van der Waals surface area contributed by atoms with Gasteiger partial charge in [-0.1, -0.05) is 0 Å². The maximum absolute atomic E-state index is 10.7. The van der Waals surface area contributed by atoms with E-state index < -0.39 is 5.54 Å². The molecule has 4 nitrogen and oxygen atoms in total. The Morgan fingerprint density at radius 1 is 1.21 bits per heavy atom. The molecule has 0 radical (unpaired) electrons. The molecule has 1 saturated carbocycles. The van der Waals surface area contributed by atoms with E-state index in [1.165, 1.54) is 0 Å². The monoisotopic (exact) mass is 261 g/mol. The third-order valence-corrected chi connectivity index (χ3v) is 4.09. The zero-order valence-electron chi connectivity index (χ0n) is 11.9. The van der Waals surface area contributed by atoms with Gasteiger partial charge in [0.25, 0.3) is 0 Å². The van der Waals surface area contributed by atoms with Gasteiger partial charge in [-0.15, -0.1) is 0 Å². The molecule has 2 rings (SSSR count). The minimum Gasteiger partial charge on any atom is -0.493 e. The van der Waals surface area contributed by atoms with Crippen LogP contribution in [0.25, 0.3) is 0 Å². The summed E-state index contributed by atoms with van der Waals surface area (Å²) >= 11 is 0. The van der Waals surface area contributed by atoms with E-state index in [4.69, 9.17) is 9.47 Å². The number of hydrogen-bond donors (Lipinski definition) is 0. The molecule has 1 aliphatic carbocycles. The van der Waals surface area contributed by atoms with E-state index in [9.17, 15) is 4.79 Å². The first-order valence-corrected chi connectivity index (χ1v) is 6.41. The van der Waals surface area contributed by atoms with E-state index in [0.717, 1.165) is 41.7 Å². The molecule has 0 saturated heterocycles. The summed E-state index contributed by atoms with van der Waals surface area (Å²) in [6, 6.07) is 2.05. The van der Waals surface area contributed by atoms with Crippen LogP contribution in [0.4, 0.5) is 0 Å². The Bertz CT molecular complexity index is 541. The molecular weight excluding hydrogens is 242 g/mol. The molecule has 0 atom stereocenters. The number of aliphatic imine (C=N–C) groups is 1. The van der Waals surface area contributed by atoms with E-state index in [1.54, 1.807) is 20.3 Å². The highest BCUT2D eigenvalue weighted by atomic mass is 16.5.